The van der Waals surface area contributed by atoms with Crippen molar-refractivity contribution in [1.29, 1.82) is 0 Å². The molecule has 8 nitrogen and oxygen atoms in total. The van der Waals surface area contributed by atoms with Gasteiger partial charge in [-0.2, -0.15) is 0 Å². The van der Waals surface area contributed by atoms with E-state index in [4.69, 9.17) is 9.47 Å². The third-order valence-corrected chi connectivity index (χ3v) is 5.56. The topological polar surface area (TPSA) is 109 Å². The van der Waals surface area contributed by atoms with E-state index in [1.165, 1.54) is 7.11 Å². The van der Waals surface area contributed by atoms with Crippen LogP contribution in [0.4, 0.5) is 10.5 Å². The lowest BCUT2D eigenvalue weighted by atomic mass is 9.97. The summed E-state index contributed by atoms with van der Waals surface area (Å²) in [5.74, 6) is 0.445. The summed E-state index contributed by atoms with van der Waals surface area (Å²) >= 11 is 0. The van der Waals surface area contributed by atoms with Gasteiger partial charge >= 0.3 is 6.03 Å². The van der Waals surface area contributed by atoms with Gasteiger partial charge in [0.15, 0.2) is 0 Å². The van der Waals surface area contributed by atoms with Gasteiger partial charge in [0.05, 0.1) is 44.0 Å². The predicted octanol–water partition coefficient (Wildman–Crippen LogP) is 2.99. The Labute approximate surface area is 188 Å². The van der Waals surface area contributed by atoms with Crippen molar-refractivity contribution in [2.75, 3.05) is 19.0 Å². The zero-order chi connectivity index (χ0) is 22.9. The molecule has 172 valence electrons. The number of nitrogens with one attached hydrogen (secondary N) is 3. The molecule has 3 rings (SSSR count). The van der Waals surface area contributed by atoms with E-state index in [0.29, 0.717) is 24.3 Å². The van der Waals surface area contributed by atoms with Crippen LogP contribution >= 0.6 is 0 Å². The van der Waals surface area contributed by atoms with Crippen molar-refractivity contribution in [2.45, 2.75) is 50.5 Å². The Morgan fingerprint density at radius 2 is 1.84 bits per heavy atom. The monoisotopic (exact) mass is 441 g/mol. The molecule has 0 bridgehead atoms. The van der Waals surface area contributed by atoms with E-state index >= 15 is 0 Å². The van der Waals surface area contributed by atoms with E-state index < -0.39 is 12.1 Å². The summed E-state index contributed by atoms with van der Waals surface area (Å²) < 4.78 is 11.2. The molecule has 0 radical (unpaired) electrons. The van der Waals surface area contributed by atoms with Crippen molar-refractivity contribution >= 4 is 17.6 Å². The molecule has 0 saturated carbocycles. The summed E-state index contributed by atoms with van der Waals surface area (Å²) in [6.45, 7) is 1.68. The van der Waals surface area contributed by atoms with Crippen molar-refractivity contribution < 1.29 is 24.2 Å². The molecule has 32 heavy (non-hydrogen) atoms. The second-order valence-corrected chi connectivity index (χ2v) is 7.87. The fourth-order valence-electron chi connectivity index (χ4n) is 3.85. The maximum absolute atomic E-state index is 12.5. The van der Waals surface area contributed by atoms with Gasteiger partial charge in [-0.25, -0.2) is 4.79 Å². The van der Waals surface area contributed by atoms with Crippen LogP contribution in [0.3, 0.4) is 0 Å². The SMILES string of the molecule is COc1ccccc1NC(=O)N[C@@H]1CC[C@@H](CC(=O)N[C@@H](C)c2ccccc2)O[C@@H]1CO. The number of benzene rings is 2. The number of aliphatic hydroxyl groups excluding tert-OH is 1. The number of methoxy groups -OCH3 is 1. The number of hydrogen-bond acceptors (Lipinski definition) is 5. The molecule has 0 aliphatic carbocycles. The van der Waals surface area contributed by atoms with E-state index in [9.17, 15) is 14.7 Å². The molecule has 1 saturated heterocycles. The molecule has 1 heterocycles. The van der Waals surface area contributed by atoms with Gasteiger partial charge in [0.25, 0.3) is 0 Å². The smallest absolute Gasteiger partial charge is 0.319 e. The largest absolute Gasteiger partial charge is 0.495 e. The van der Waals surface area contributed by atoms with Crippen molar-refractivity contribution in [1.82, 2.24) is 10.6 Å². The van der Waals surface area contributed by atoms with Gasteiger partial charge in [0.1, 0.15) is 11.9 Å². The minimum absolute atomic E-state index is 0.103. The molecule has 2 aromatic carbocycles. The molecule has 4 atom stereocenters. The van der Waals surface area contributed by atoms with Crippen LogP contribution in [-0.2, 0) is 9.53 Å². The van der Waals surface area contributed by atoms with Crippen molar-refractivity contribution in [3.8, 4) is 5.75 Å². The van der Waals surface area contributed by atoms with Crippen molar-refractivity contribution in [3.63, 3.8) is 0 Å². The third-order valence-electron chi connectivity index (χ3n) is 5.56. The lowest BCUT2D eigenvalue weighted by molar-refractivity contribution is -0.131. The van der Waals surface area contributed by atoms with E-state index in [0.717, 1.165) is 5.56 Å². The number of rotatable bonds is 8. The van der Waals surface area contributed by atoms with Crippen LogP contribution < -0.4 is 20.7 Å². The number of amides is 3. The number of ether oxygens (including phenoxy) is 2. The Hall–Kier alpha value is -3.10. The molecule has 2 aromatic rings. The number of carbonyl (C=O) groups excluding carboxylic acids is 2. The van der Waals surface area contributed by atoms with Crippen LogP contribution in [0.15, 0.2) is 54.6 Å². The molecule has 1 aliphatic rings. The highest BCUT2D eigenvalue weighted by Crippen LogP contribution is 2.25. The van der Waals surface area contributed by atoms with Crippen LogP contribution in [0, 0.1) is 0 Å². The molecule has 1 aliphatic heterocycles. The van der Waals surface area contributed by atoms with Gasteiger partial charge < -0.3 is 30.5 Å². The molecule has 4 N–H and O–H groups in total. The first kappa shape index (κ1) is 23.6. The van der Waals surface area contributed by atoms with Gasteiger partial charge in [-0.1, -0.05) is 42.5 Å². The highest BCUT2D eigenvalue weighted by Gasteiger charge is 2.33. The first-order valence-electron chi connectivity index (χ1n) is 10.8. The number of aliphatic hydroxyl groups is 1. The van der Waals surface area contributed by atoms with Gasteiger partial charge in [-0.15, -0.1) is 0 Å². The third kappa shape index (κ3) is 6.45. The summed E-state index contributed by atoms with van der Waals surface area (Å²) in [4.78, 5) is 24.9. The highest BCUT2D eigenvalue weighted by molar-refractivity contribution is 5.91. The Morgan fingerprint density at radius 1 is 1.12 bits per heavy atom. The number of hydrogen-bond donors (Lipinski definition) is 4. The standard InChI is InChI=1S/C24H31N3O5/c1-16(17-8-4-3-5-9-17)25-23(29)14-18-12-13-20(22(15-28)32-18)27-24(30)26-19-10-6-7-11-21(19)31-2/h3-11,16,18,20,22,28H,12-15H2,1-2H3,(H,25,29)(H2,26,27,30)/t16-,18-,20+,22+/m0/s1. The zero-order valence-electron chi connectivity index (χ0n) is 18.4. The van der Waals surface area contributed by atoms with Crippen LogP contribution in [0.5, 0.6) is 5.75 Å². The lowest BCUT2D eigenvalue weighted by Crippen LogP contribution is -2.52. The fourth-order valence-corrected chi connectivity index (χ4v) is 3.85. The minimum Gasteiger partial charge on any atom is -0.495 e. The molecule has 1 fully saturated rings. The van der Waals surface area contributed by atoms with E-state index in [1.807, 2.05) is 43.3 Å². The van der Waals surface area contributed by atoms with E-state index in [1.54, 1.807) is 18.2 Å². The lowest BCUT2D eigenvalue weighted by Gasteiger charge is -2.36. The maximum atomic E-state index is 12.5. The molecular formula is C24H31N3O5. The Kier molecular flexibility index (Phi) is 8.47. The second kappa shape index (κ2) is 11.5. The van der Waals surface area contributed by atoms with Crippen LogP contribution in [-0.4, -0.2) is 49.0 Å². The molecule has 0 spiro atoms. The number of para-hydroxylation sites is 2. The molecule has 8 heteroatoms. The van der Waals surface area contributed by atoms with Gasteiger partial charge in [-0.3, -0.25) is 4.79 Å². The van der Waals surface area contributed by atoms with Crippen LogP contribution in [0.25, 0.3) is 0 Å². The first-order valence-corrected chi connectivity index (χ1v) is 10.8. The summed E-state index contributed by atoms with van der Waals surface area (Å²) in [6, 6.07) is 16.0. The van der Waals surface area contributed by atoms with E-state index in [-0.39, 0.29) is 37.1 Å². The van der Waals surface area contributed by atoms with Crippen molar-refractivity contribution in [2.24, 2.45) is 0 Å². The normalized spacial score (nSPS) is 21.3. The quantitative estimate of drug-likeness (QED) is 0.504. The second-order valence-electron chi connectivity index (χ2n) is 7.87. The molecule has 3 amide bonds. The minimum atomic E-state index is -0.587. The van der Waals surface area contributed by atoms with E-state index in [2.05, 4.69) is 16.0 Å². The Bertz CT molecular complexity index is 892. The van der Waals surface area contributed by atoms with Gasteiger partial charge in [-0.05, 0) is 37.5 Å². The predicted molar refractivity (Wildman–Crippen MR) is 122 cm³/mol. The summed E-state index contributed by atoms with van der Waals surface area (Å²) in [5.41, 5.74) is 1.58. The average molecular weight is 442 g/mol. The zero-order valence-corrected chi connectivity index (χ0v) is 18.4. The summed E-state index contributed by atoms with van der Waals surface area (Å²) in [5, 5.41) is 18.4. The maximum Gasteiger partial charge on any atom is 0.319 e. The van der Waals surface area contributed by atoms with Gasteiger partial charge in [0.2, 0.25) is 5.91 Å². The average Bonchev–Trinajstić information content (AvgIpc) is 2.80. The first-order chi connectivity index (χ1) is 15.5. The molecule has 0 unspecified atom stereocenters. The van der Waals surface area contributed by atoms with Gasteiger partial charge in [0, 0.05) is 0 Å². The van der Waals surface area contributed by atoms with Crippen LogP contribution in [0.2, 0.25) is 0 Å². The summed E-state index contributed by atoms with van der Waals surface area (Å²) in [6.07, 6.45) is 0.496. The van der Waals surface area contributed by atoms with Crippen LogP contribution in [0.1, 0.15) is 37.8 Å². The number of anilines is 1. The van der Waals surface area contributed by atoms with Crippen molar-refractivity contribution in [3.05, 3.63) is 60.2 Å². The number of urea groups is 1. The summed E-state index contributed by atoms with van der Waals surface area (Å²) in [7, 11) is 1.53. The molecular weight excluding hydrogens is 410 g/mol. The Morgan fingerprint density at radius 3 is 2.56 bits per heavy atom. The molecule has 0 aromatic heterocycles. The number of carbonyl (C=O) groups is 2. The fraction of sp³-hybridized carbons (Fsp3) is 0.417. The Balaban J connectivity index is 1.48. The highest BCUT2D eigenvalue weighted by atomic mass is 16.5.